The molecule has 1 fully saturated rings. The molecule has 3 heterocycles. The molecule has 0 radical (unpaired) electrons. The van der Waals surface area contributed by atoms with E-state index >= 15 is 0 Å². The topological polar surface area (TPSA) is 57.1 Å². The van der Waals surface area contributed by atoms with Crippen molar-refractivity contribution in [3.05, 3.63) is 121 Å². The Labute approximate surface area is 273 Å². The average molecular weight is 618 g/mol. The lowest BCUT2D eigenvalue weighted by molar-refractivity contribution is 0.00578. The summed E-state index contributed by atoms with van der Waals surface area (Å²) in [5.41, 5.74) is 5.18. The molecule has 0 N–H and O–H groups in total. The maximum Gasteiger partial charge on any atom is 0.494 e. The molecule has 0 saturated carbocycles. The molecule has 0 bridgehead atoms. The first kappa shape index (κ1) is 28.8. The van der Waals surface area contributed by atoms with Crippen molar-refractivity contribution in [2.45, 2.75) is 38.9 Å². The summed E-state index contributed by atoms with van der Waals surface area (Å²) in [6.45, 7) is 8.34. The maximum absolute atomic E-state index is 6.59. The number of nitrogens with zero attached hydrogens (tertiary/aromatic N) is 3. The first-order valence-corrected chi connectivity index (χ1v) is 16.4. The van der Waals surface area contributed by atoms with E-state index in [1.54, 1.807) is 11.3 Å². The molecule has 2 aromatic heterocycles. The van der Waals surface area contributed by atoms with Gasteiger partial charge in [-0.05, 0) is 50.4 Å². The monoisotopic (exact) mass is 617 g/mol. The lowest BCUT2D eigenvalue weighted by Crippen LogP contribution is -2.41. The second-order valence-corrected chi connectivity index (χ2v) is 13.7. The number of hydrogen-bond acceptors (Lipinski definition) is 6. The lowest BCUT2D eigenvalue weighted by Gasteiger charge is -2.32. The summed E-state index contributed by atoms with van der Waals surface area (Å²) in [6.07, 6.45) is 0. The van der Waals surface area contributed by atoms with Crippen LogP contribution in [0.15, 0.2) is 121 Å². The molecule has 1 aliphatic rings. The van der Waals surface area contributed by atoms with Gasteiger partial charge in [-0.15, -0.1) is 11.3 Å². The minimum Gasteiger partial charge on any atom is -0.399 e. The summed E-state index contributed by atoms with van der Waals surface area (Å²) in [6, 6.07) is 41.7. The molecular formula is C39H32BN3O2S. The van der Waals surface area contributed by atoms with Gasteiger partial charge in [0.2, 0.25) is 0 Å². The summed E-state index contributed by atoms with van der Waals surface area (Å²) in [5, 5.41) is 2.31. The molecule has 7 heteroatoms. The van der Waals surface area contributed by atoms with Crippen molar-refractivity contribution in [2.75, 3.05) is 0 Å². The van der Waals surface area contributed by atoms with Crippen LogP contribution in [-0.2, 0) is 9.31 Å². The largest absolute Gasteiger partial charge is 0.494 e. The van der Waals surface area contributed by atoms with E-state index in [4.69, 9.17) is 24.3 Å². The van der Waals surface area contributed by atoms with Crippen LogP contribution in [0.25, 0.3) is 65.5 Å². The van der Waals surface area contributed by atoms with E-state index < -0.39 is 18.3 Å². The Kier molecular flexibility index (Phi) is 6.87. The number of aromatic nitrogens is 3. The molecule has 46 heavy (non-hydrogen) atoms. The number of fused-ring (bicyclic) bond motifs is 3. The zero-order chi connectivity index (χ0) is 31.5. The van der Waals surface area contributed by atoms with Crippen molar-refractivity contribution < 1.29 is 9.31 Å². The van der Waals surface area contributed by atoms with Crippen molar-refractivity contribution >= 4 is 44.1 Å². The van der Waals surface area contributed by atoms with Crippen molar-refractivity contribution in [3.63, 3.8) is 0 Å². The van der Waals surface area contributed by atoms with Gasteiger partial charge in [0, 0.05) is 36.9 Å². The first-order chi connectivity index (χ1) is 22.3. The predicted molar refractivity (Wildman–Crippen MR) is 190 cm³/mol. The van der Waals surface area contributed by atoms with Crippen LogP contribution in [0, 0.1) is 0 Å². The van der Waals surface area contributed by atoms with Crippen molar-refractivity contribution in [2.24, 2.45) is 0 Å². The fraction of sp³-hybridized carbons (Fsp3) is 0.154. The number of thiophene rings is 1. The number of benzene rings is 5. The molecule has 5 aromatic carbocycles. The summed E-state index contributed by atoms with van der Waals surface area (Å²) >= 11 is 1.78. The Hall–Kier alpha value is -4.69. The summed E-state index contributed by atoms with van der Waals surface area (Å²) in [5.74, 6) is 1.87. The minimum absolute atomic E-state index is 0.474. The molecule has 0 spiro atoms. The molecule has 1 saturated heterocycles. The van der Waals surface area contributed by atoms with Gasteiger partial charge in [-0.25, -0.2) is 15.0 Å². The van der Waals surface area contributed by atoms with Gasteiger partial charge in [-0.1, -0.05) is 115 Å². The van der Waals surface area contributed by atoms with Crippen LogP contribution >= 0.6 is 11.3 Å². The number of rotatable bonds is 5. The zero-order valence-corrected chi connectivity index (χ0v) is 27.0. The van der Waals surface area contributed by atoms with Crippen molar-refractivity contribution in [3.8, 4) is 45.3 Å². The maximum atomic E-state index is 6.59. The predicted octanol–water partition coefficient (Wildman–Crippen LogP) is 9.21. The molecule has 0 unspecified atom stereocenters. The second-order valence-electron chi connectivity index (χ2n) is 12.7. The van der Waals surface area contributed by atoms with E-state index in [-0.39, 0.29) is 0 Å². The number of hydrogen-bond donors (Lipinski definition) is 0. The highest BCUT2D eigenvalue weighted by Gasteiger charge is 2.52. The third kappa shape index (κ3) is 4.92. The Morgan fingerprint density at radius 2 is 1.00 bits per heavy atom. The third-order valence-corrected chi connectivity index (χ3v) is 10.5. The average Bonchev–Trinajstić information content (AvgIpc) is 3.57. The fourth-order valence-corrected chi connectivity index (χ4v) is 7.30. The van der Waals surface area contributed by atoms with Gasteiger partial charge >= 0.3 is 7.12 Å². The first-order valence-electron chi connectivity index (χ1n) is 15.5. The van der Waals surface area contributed by atoms with E-state index in [0.29, 0.717) is 17.5 Å². The van der Waals surface area contributed by atoms with E-state index in [1.165, 1.54) is 21.2 Å². The highest BCUT2D eigenvalue weighted by Crippen LogP contribution is 2.44. The van der Waals surface area contributed by atoms with E-state index in [2.05, 4.69) is 88.4 Å². The molecule has 1 aliphatic heterocycles. The Morgan fingerprint density at radius 3 is 1.57 bits per heavy atom. The van der Waals surface area contributed by atoms with Crippen LogP contribution in [0.1, 0.15) is 27.7 Å². The smallest absolute Gasteiger partial charge is 0.399 e. The van der Waals surface area contributed by atoms with Gasteiger partial charge in [0.15, 0.2) is 17.5 Å². The van der Waals surface area contributed by atoms with Crippen molar-refractivity contribution in [1.29, 1.82) is 0 Å². The molecule has 0 atom stereocenters. The Morgan fingerprint density at radius 1 is 0.500 bits per heavy atom. The van der Waals surface area contributed by atoms with Crippen LogP contribution in [0.5, 0.6) is 0 Å². The Bertz CT molecular complexity index is 2140. The molecule has 5 nitrogen and oxygen atoms in total. The van der Waals surface area contributed by atoms with E-state index in [1.807, 2.05) is 60.7 Å². The second kappa shape index (κ2) is 11.0. The van der Waals surface area contributed by atoms with Gasteiger partial charge in [0.05, 0.1) is 11.2 Å². The SMILES string of the molecule is CC1(C)OB(c2cc(-c3nc(-c4ccccc4)nc(-c4ccccc4)n3)c3sc4c(-c5ccccc5)cccc4c3c2)OC1(C)C. The quantitative estimate of drug-likeness (QED) is 0.180. The summed E-state index contributed by atoms with van der Waals surface area (Å²) in [4.78, 5) is 15.2. The van der Waals surface area contributed by atoms with Crippen LogP contribution in [0.2, 0.25) is 0 Å². The molecule has 7 aromatic rings. The van der Waals surface area contributed by atoms with E-state index in [0.717, 1.165) is 32.2 Å². The van der Waals surface area contributed by atoms with Gasteiger partial charge < -0.3 is 9.31 Å². The molecule has 224 valence electrons. The highest BCUT2D eigenvalue weighted by molar-refractivity contribution is 7.27. The molecule has 8 rings (SSSR count). The summed E-state index contributed by atoms with van der Waals surface area (Å²) in [7, 11) is -0.538. The van der Waals surface area contributed by atoms with Gasteiger partial charge in [-0.3, -0.25) is 0 Å². The normalized spacial score (nSPS) is 15.5. The van der Waals surface area contributed by atoms with Crippen molar-refractivity contribution in [1.82, 2.24) is 15.0 Å². The third-order valence-electron chi connectivity index (χ3n) is 9.17. The van der Waals surface area contributed by atoms with Crippen LogP contribution in [-0.4, -0.2) is 33.3 Å². The summed E-state index contributed by atoms with van der Waals surface area (Å²) < 4.78 is 15.5. The lowest BCUT2D eigenvalue weighted by atomic mass is 9.77. The Balaban J connectivity index is 1.42. The highest BCUT2D eigenvalue weighted by atomic mass is 32.1. The van der Waals surface area contributed by atoms with Gasteiger partial charge in [0.25, 0.3) is 0 Å². The molecule has 0 amide bonds. The fourth-order valence-electron chi connectivity index (χ4n) is 5.98. The van der Waals surface area contributed by atoms with Crippen LogP contribution in [0.3, 0.4) is 0 Å². The van der Waals surface area contributed by atoms with Crippen LogP contribution in [0.4, 0.5) is 0 Å². The molecule has 0 aliphatic carbocycles. The van der Waals surface area contributed by atoms with E-state index in [9.17, 15) is 0 Å². The van der Waals surface area contributed by atoms with Gasteiger partial charge in [0.1, 0.15) is 0 Å². The standard InChI is InChI=1S/C39H32BN3O2S/c1-38(2)39(3,4)45-40(44-38)28-23-31-30-22-14-21-29(25-15-8-5-9-16-25)33(30)46-34(31)32(24-28)37-42-35(26-17-10-6-11-18-26)41-36(43-37)27-19-12-7-13-20-27/h5-24H,1-4H3. The van der Waals surface area contributed by atoms with Crippen LogP contribution < -0.4 is 5.46 Å². The zero-order valence-electron chi connectivity index (χ0n) is 26.2. The molecular weight excluding hydrogens is 585 g/mol. The minimum atomic E-state index is -0.538. The van der Waals surface area contributed by atoms with Gasteiger partial charge in [-0.2, -0.15) is 0 Å².